The van der Waals surface area contributed by atoms with Crippen LogP contribution in [0.4, 0.5) is 4.79 Å². The summed E-state index contributed by atoms with van der Waals surface area (Å²) < 4.78 is 0. The van der Waals surface area contributed by atoms with Crippen LogP contribution in [0.25, 0.3) is 10.4 Å². The van der Waals surface area contributed by atoms with E-state index in [4.69, 9.17) is 5.11 Å². The van der Waals surface area contributed by atoms with Crippen molar-refractivity contribution in [3.05, 3.63) is 41.0 Å². The number of aliphatic hydroxyl groups is 1. The number of carboxylic acid groups (broad SMARTS) is 1. The van der Waals surface area contributed by atoms with Crippen LogP contribution in [0, 0.1) is 12.3 Å². The van der Waals surface area contributed by atoms with Gasteiger partial charge in [-0.1, -0.05) is 45.0 Å². The molecule has 0 radical (unpaired) electrons. The number of thiazole rings is 1. The minimum atomic E-state index is -1.17. The van der Waals surface area contributed by atoms with E-state index >= 15 is 0 Å². The van der Waals surface area contributed by atoms with Crippen molar-refractivity contribution in [3.63, 3.8) is 0 Å². The van der Waals surface area contributed by atoms with Crippen molar-refractivity contribution in [1.29, 1.82) is 0 Å². The predicted octanol–water partition coefficient (Wildman–Crippen LogP) is 2.84. The Morgan fingerprint density at radius 3 is 2.40 bits per heavy atom. The van der Waals surface area contributed by atoms with Gasteiger partial charge in [0.05, 0.1) is 28.2 Å². The molecule has 0 spiro atoms. The summed E-state index contributed by atoms with van der Waals surface area (Å²) in [5.41, 5.74) is 4.04. The van der Waals surface area contributed by atoms with Crippen molar-refractivity contribution >= 4 is 35.2 Å². The fraction of sp³-hybridized carbons (Fsp3) is 0.536. The Hall–Kier alpha value is -3.51. The van der Waals surface area contributed by atoms with Crippen LogP contribution >= 0.6 is 11.3 Å². The van der Waals surface area contributed by atoms with Crippen molar-refractivity contribution in [3.8, 4) is 10.4 Å². The molecule has 0 saturated carbocycles. The Labute approximate surface area is 238 Å². The molecule has 218 valence electrons. The maximum atomic E-state index is 13.7. The summed E-state index contributed by atoms with van der Waals surface area (Å²) in [5, 5.41) is 27.0. The second-order valence-electron chi connectivity index (χ2n) is 11.2. The van der Waals surface area contributed by atoms with Gasteiger partial charge in [0, 0.05) is 25.9 Å². The number of nitrogens with one attached hydrogen (secondary N) is 3. The number of benzene rings is 1. The van der Waals surface area contributed by atoms with Gasteiger partial charge in [0.1, 0.15) is 12.1 Å². The molecule has 0 unspecified atom stereocenters. The lowest BCUT2D eigenvalue weighted by molar-refractivity contribution is -0.144. The lowest BCUT2D eigenvalue weighted by Crippen LogP contribution is -2.57. The van der Waals surface area contributed by atoms with E-state index in [1.165, 1.54) is 4.90 Å². The number of hydrogen-bond donors (Lipinski definition) is 5. The molecule has 40 heavy (non-hydrogen) atoms. The Morgan fingerprint density at radius 2 is 1.82 bits per heavy atom. The molecule has 3 rings (SSSR count). The van der Waals surface area contributed by atoms with E-state index in [1.807, 2.05) is 58.9 Å². The van der Waals surface area contributed by atoms with Crippen LogP contribution in [0.2, 0.25) is 0 Å². The number of nitrogens with zero attached hydrogens (tertiary/aromatic N) is 2. The van der Waals surface area contributed by atoms with Gasteiger partial charge < -0.3 is 31.1 Å². The first-order valence-electron chi connectivity index (χ1n) is 13.3. The van der Waals surface area contributed by atoms with Gasteiger partial charge in [0.25, 0.3) is 0 Å². The SMILES string of the molecule is Cc1ncsc1-c1ccc([C@H](C)NC(=O)[C@H]2C[C@@H](O)CN2C(=O)[C@@H](NC(=O)CCCNC(=O)O)C(C)(C)C)cc1. The van der Waals surface area contributed by atoms with Crippen LogP contribution in [-0.2, 0) is 14.4 Å². The van der Waals surface area contributed by atoms with Gasteiger partial charge in [-0.05, 0) is 36.8 Å². The van der Waals surface area contributed by atoms with Gasteiger partial charge in [-0.2, -0.15) is 0 Å². The van der Waals surface area contributed by atoms with E-state index in [1.54, 1.807) is 16.8 Å². The minimum Gasteiger partial charge on any atom is -0.465 e. The summed E-state index contributed by atoms with van der Waals surface area (Å²) in [4.78, 5) is 56.9. The van der Waals surface area contributed by atoms with Crippen LogP contribution in [0.5, 0.6) is 0 Å². The number of β-amino-alcohol motifs (C(OH)–C–C–N with tert-alkyl or cyclic N) is 1. The van der Waals surface area contributed by atoms with Crippen LogP contribution in [0.3, 0.4) is 0 Å². The molecule has 11 nitrogen and oxygen atoms in total. The van der Waals surface area contributed by atoms with E-state index < -0.39 is 41.5 Å². The molecule has 4 amide bonds. The molecule has 1 fully saturated rings. The second-order valence-corrected chi connectivity index (χ2v) is 12.1. The highest BCUT2D eigenvalue weighted by atomic mass is 32.1. The van der Waals surface area contributed by atoms with Gasteiger partial charge in [-0.25, -0.2) is 9.78 Å². The number of aryl methyl sites for hydroxylation is 1. The Balaban J connectivity index is 1.67. The molecule has 1 saturated heterocycles. The van der Waals surface area contributed by atoms with E-state index in [0.717, 1.165) is 21.7 Å². The first kappa shape index (κ1) is 31.0. The van der Waals surface area contributed by atoms with Gasteiger partial charge in [0.15, 0.2) is 0 Å². The van der Waals surface area contributed by atoms with E-state index in [-0.39, 0.29) is 44.3 Å². The smallest absolute Gasteiger partial charge is 0.404 e. The number of rotatable bonds is 10. The highest BCUT2D eigenvalue weighted by molar-refractivity contribution is 7.13. The zero-order valence-electron chi connectivity index (χ0n) is 23.6. The van der Waals surface area contributed by atoms with Crippen LogP contribution in [-0.4, -0.2) is 75.2 Å². The zero-order valence-corrected chi connectivity index (χ0v) is 24.4. The topological polar surface area (TPSA) is 161 Å². The number of amides is 4. The minimum absolute atomic E-state index is 0.0147. The number of likely N-dealkylation sites (tertiary alicyclic amines) is 1. The number of carbonyl (C=O) groups excluding carboxylic acids is 3. The van der Waals surface area contributed by atoms with Gasteiger partial charge in [-0.3, -0.25) is 14.4 Å². The maximum Gasteiger partial charge on any atom is 0.404 e. The number of carbonyl (C=O) groups is 4. The van der Waals surface area contributed by atoms with Crippen molar-refractivity contribution in [2.45, 2.75) is 78.1 Å². The van der Waals surface area contributed by atoms with Crippen LogP contribution < -0.4 is 16.0 Å². The molecule has 2 aromatic rings. The third-order valence-corrected chi connectivity index (χ3v) is 7.89. The second kappa shape index (κ2) is 13.2. The summed E-state index contributed by atoms with van der Waals surface area (Å²) in [7, 11) is 0. The highest BCUT2D eigenvalue weighted by Crippen LogP contribution is 2.29. The molecule has 4 atom stereocenters. The third-order valence-electron chi connectivity index (χ3n) is 6.92. The predicted molar refractivity (Wildman–Crippen MR) is 152 cm³/mol. The lowest BCUT2D eigenvalue weighted by atomic mass is 9.85. The van der Waals surface area contributed by atoms with Gasteiger partial charge in [0.2, 0.25) is 17.7 Å². The summed E-state index contributed by atoms with van der Waals surface area (Å²) in [5.74, 6) is -1.22. The van der Waals surface area contributed by atoms with E-state index in [0.29, 0.717) is 0 Å². The van der Waals surface area contributed by atoms with Gasteiger partial charge in [-0.15, -0.1) is 11.3 Å². The average molecular weight is 574 g/mol. The molecular formula is C28H39N5O6S. The Bertz CT molecular complexity index is 1210. The largest absolute Gasteiger partial charge is 0.465 e. The number of hydrogen-bond acceptors (Lipinski definition) is 7. The Morgan fingerprint density at radius 1 is 1.15 bits per heavy atom. The summed E-state index contributed by atoms with van der Waals surface area (Å²) in [6.07, 6.45) is -1.63. The highest BCUT2D eigenvalue weighted by Gasteiger charge is 2.44. The summed E-state index contributed by atoms with van der Waals surface area (Å²) >= 11 is 1.57. The molecule has 5 N–H and O–H groups in total. The fourth-order valence-corrected chi connectivity index (χ4v) is 5.50. The first-order chi connectivity index (χ1) is 18.8. The van der Waals surface area contributed by atoms with Crippen molar-refractivity contribution in [2.75, 3.05) is 13.1 Å². The number of aromatic nitrogens is 1. The van der Waals surface area contributed by atoms with Gasteiger partial charge >= 0.3 is 6.09 Å². The summed E-state index contributed by atoms with van der Waals surface area (Å²) in [6.45, 7) is 9.35. The molecule has 2 heterocycles. The Kier molecular flexibility index (Phi) is 10.3. The maximum absolute atomic E-state index is 13.7. The molecule has 1 aliphatic rings. The summed E-state index contributed by atoms with van der Waals surface area (Å²) in [6, 6.07) is 5.71. The van der Waals surface area contributed by atoms with Crippen molar-refractivity contribution < 1.29 is 29.4 Å². The van der Waals surface area contributed by atoms with Crippen LogP contribution in [0.15, 0.2) is 29.8 Å². The third kappa shape index (κ3) is 8.01. The quantitative estimate of drug-likeness (QED) is 0.273. The van der Waals surface area contributed by atoms with E-state index in [2.05, 4.69) is 20.9 Å². The molecular weight excluding hydrogens is 534 g/mol. The van der Waals surface area contributed by atoms with Crippen molar-refractivity contribution in [2.24, 2.45) is 5.41 Å². The van der Waals surface area contributed by atoms with Crippen LogP contribution in [0.1, 0.15) is 64.3 Å². The fourth-order valence-electron chi connectivity index (χ4n) is 4.69. The monoisotopic (exact) mass is 573 g/mol. The van der Waals surface area contributed by atoms with Crippen molar-refractivity contribution in [1.82, 2.24) is 25.8 Å². The molecule has 1 aromatic carbocycles. The molecule has 12 heteroatoms. The number of aliphatic hydroxyl groups excluding tert-OH is 1. The molecule has 1 aliphatic heterocycles. The molecule has 0 bridgehead atoms. The normalized spacial score (nSPS) is 18.6. The lowest BCUT2D eigenvalue weighted by Gasteiger charge is -2.35. The molecule has 1 aromatic heterocycles. The zero-order chi connectivity index (χ0) is 29.6. The molecule has 0 aliphatic carbocycles. The average Bonchev–Trinajstić information content (AvgIpc) is 3.49. The van der Waals surface area contributed by atoms with E-state index in [9.17, 15) is 24.3 Å². The first-order valence-corrected chi connectivity index (χ1v) is 14.2. The standard InChI is InChI=1S/C28H39N5O6S/c1-16(18-8-10-19(11-9-18)23-17(2)30-15-40-23)31-25(36)21-13-20(34)14-33(21)26(37)24(28(3,4)5)32-22(35)7-6-12-29-27(38)39/h8-11,15-16,20-21,24,29,34H,6-7,12-14H2,1-5H3,(H,31,36)(H,32,35)(H,38,39)/t16-,20+,21+,24+/m0/s1.